The third-order valence-electron chi connectivity index (χ3n) is 4.70. The zero-order valence-corrected chi connectivity index (χ0v) is 16.3. The highest BCUT2D eigenvalue weighted by Crippen LogP contribution is 2.61. The topological polar surface area (TPSA) is 0 Å². The summed E-state index contributed by atoms with van der Waals surface area (Å²) in [7, 11) is 0. The summed E-state index contributed by atoms with van der Waals surface area (Å²) < 4.78 is 0. The Hall–Kier alpha value is -1.04. The third kappa shape index (κ3) is 5.30. The van der Waals surface area contributed by atoms with E-state index in [4.69, 9.17) is 0 Å². The second-order valence-electron chi connectivity index (χ2n) is 6.21. The Kier molecular flexibility index (Phi) is 10.1. The van der Waals surface area contributed by atoms with E-state index in [0.717, 1.165) is 5.92 Å². The Balaban J connectivity index is 0.000000789. The average Bonchev–Trinajstić information content (AvgIpc) is 3.27. The van der Waals surface area contributed by atoms with Gasteiger partial charge in [-0.2, -0.15) is 0 Å². The van der Waals surface area contributed by atoms with Crippen LogP contribution in [0.2, 0.25) is 0 Å². The van der Waals surface area contributed by atoms with Crippen LogP contribution in [0.1, 0.15) is 85.3 Å². The fourth-order valence-electron chi connectivity index (χ4n) is 3.24. The summed E-state index contributed by atoms with van der Waals surface area (Å²) in [5, 5.41) is 0. The number of allylic oxidation sites excluding steroid dienone is 1. The predicted molar refractivity (Wildman–Crippen MR) is 103 cm³/mol. The van der Waals surface area contributed by atoms with E-state index in [9.17, 15) is 0 Å². The molecule has 0 spiro atoms. The molecule has 1 aliphatic carbocycles. The van der Waals surface area contributed by atoms with Crippen molar-refractivity contribution in [3.63, 3.8) is 0 Å². The molecule has 22 heavy (non-hydrogen) atoms. The van der Waals surface area contributed by atoms with E-state index in [1.54, 1.807) is 5.57 Å². The monoisotopic (exact) mass is 302 g/mol. The van der Waals surface area contributed by atoms with Gasteiger partial charge in [-0.1, -0.05) is 90.3 Å². The van der Waals surface area contributed by atoms with Crippen LogP contribution in [-0.4, -0.2) is 0 Å². The van der Waals surface area contributed by atoms with Crippen LogP contribution in [0, 0.1) is 18.3 Å². The molecule has 0 heterocycles. The Morgan fingerprint density at radius 1 is 1.14 bits per heavy atom. The second-order valence-corrected chi connectivity index (χ2v) is 6.21. The van der Waals surface area contributed by atoms with Gasteiger partial charge in [0, 0.05) is 0 Å². The highest BCUT2D eigenvalue weighted by Gasteiger charge is 2.51. The summed E-state index contributed by atoms with van der Waals surface area (Å²) in [6.45, 7) is 17.4. The molecule has 126 valence electrons. The molecule has 2 unspecified atom stereocenters. The minimum Gasteiger partial charge on any atom is -0.0683 e. The first-order valence-electron chi connectivity index (χ1n) is 9.30. The van der Waals surface area contributed by atoms with Gasteiger partial charge >= 0.3 is 0 Å². The van der Waals surface area contributed by atoms with Crippen LogP contribution in [0.5, 0.6) is 0 Å². The first kappa shape index (κ1) is 21.0. The van der Waals surface area contributed by atoms with Gasteiger partial charge in [-0.3, -0.25) is 0 Å². The first-order chi connectivity index (χ1) is 10.6. The molecule has 0 saturated heterocycles. The van der Waals surface area contributed by atoms with E-state index in [-0.39, 0.29) is 0 Å². The van der Waals surface area contributed by atoms with Crippen LogP contribution in [0.4, 0.5) is 0 Å². The van der Waals surface area contributed by atoms with Crippen molar-refractivity contribution >= 4 is 6.08 Å². The number of rotatable bonds is 4. The quantitative estimate of drug-likeness (QED) is 0.535. The SMILES string of the molecule is CC.CCC.CCC1CC1(CC)/C(C)=C/c1ccccc1C. The number of benzene rings is 1. The molecule has 0 aliphatic heterocycles. The highest BCUT2D eigenvalue weighted by molar-refractivity contribution is 5.58. The van der Waals surface area contributed by atoms with E-state index < -0.39 is 0 Å². The van der Waals surface area contributed by atoms with Crippen LogP contribution in [-0.2, 0) is 0 Å². The molecule has 0 radical (unpaired) electrons. The van der Waals surface area contributed by atoms with Gasteiger partial charge in [-0.15, -0.1) is 0 Å². The Bertz CT molecular complexity index is 441. The van der Waals surface area contributed by atoms with Crippen molar-refractivity contribution in [3.05, 3.63) is 41.0 Å². The normalized spacial score (nSPS) is 22.9. The van der Waals surface area contributed by atoms with Crippen molar-refractivity contribution in [1.29, 1.82) is 0 Å². The third-order valence-corrected chi connectivity index (χ3v) is 4.70. The zero-order valence-electron chi connectivity index (χ0n) is 16.3. The van der Waals surface area contributed by atoms with Crippen molar-refractivity contribution in [3.8, 4) is 0 Å². The van der Waals surface area contributed by atoms with Gasteiger partial charge in [0.2, 0.25) is 0 Å². The van der Waals surface area contributed by atoms with E-state index in [0.29, 0.717) is 5.41 Å². The van der Waals surface area contributed by atoms with Gasteiger partial charge in [-0.25, -0.2) is 0 Å². The number of hydrogen-bond donors (Lipinski definition) is 0. The fourth-order valence-corrected chi connectivity index (χ4v) is 3.24. The molecule has 1 fully saturated rings. The van der Waals surface area contributed by atoms with E-state index >= 15 is 0 Å². The molecule has 2 rings (SSSR count). The maximum Gasteiger partial charge on any atom is -0.00587 e. The van der Waals surface area contributed by atoms with Gasteiger partial charge in [-0.05, 0) is 49.1 Å². The van der Waals surface area contributed by atoms with Crippen molar-refractivity contribution in [1.82, 2.24) is 0 Å². The smallest absolute Gasteiger partial charge is 0.00587 e. The van der Waals surface area contributed by atoms with Crippen LogP contribution in [0.15, 0.2) is 29.8 Å². The summed E-state index contributed by atoms with van der Waals surface area (Å²) in [5.74, 6) is 0.924. The lowest BCUT2D eigenvalue weighted by Gasteiger charge is -2.16. The van der Waals surface area contributed by atoms with E-state index in [1.807, 2.05) is 13.8 Å². The van der Waals surface area contributed by atoms with Crippen LogP contribution >= 0.6 is 0 Å². The molecule has 0 bridgehead atoms. The molecule has 1 aliphatic rings. The summed E-state index contributed by atoms with van der Waals surface area (Å²) in [6, 6.07) is 8.67. The number of aryl methyl sites for hydroxylation is 1. The molecular weight excluding hydrogens is 264 g/mol. The standard InChI is InChI=1S/C17H24.C3H8.C2H6/c1-5-16-12-17(16,6-2)14(4)11-15-10-8-7-9-13(15)3;1-3-2;1-2/h7-11,16H,5-6,12H2,1-4H3;3H2,1-2H3;1-2H3/b14-11+;;. The zero-order chi connectivity index (χ0) is 17.2. The van der Waals surface area contributed by atoms with Crippen LogP contribution in [0.3, 0.4) is 0 Å². The van der Waals surface area contributed by atoms with Crippen molar-refractivity contribution in [2.75, 3.05) is 0 Å². The van der Waals surface area contributed by atoms with Gasteiger partial charge in [0.05, 0.1) is 0 Å². The molecule has 1 aromatic carbocycles. The molecule has 0 amide bonds. The largest absolute Gasteiger partial charge is 0.0683 e. The predicted octanol–water partition coefficient (Wildman–Crippen LogP) is 7.67. The first-order valence-corrected chi connectivity index (χ1v) is 9.30. The second kappa shape index (κ2) is 10.6. The van der Waals surface area contributed by atoms with Crippen LogP contribution in [0.25, 0.3) is 6.08 Å². The molecule has 2 atom stereocenters. The van der Waals surface area contributed by atoms with E-state index in [2.05, 4.69) is 71.9 Å². The van der Waals surface area contributed by atoms with E-state index in [1.165, 1.54) is 36.8 Å². The lowest BCUT2D eigenvalue weighted by Crippen LogP contribution is -2.04. The minimum atomic E-state index is 0.525. The Morgan fingerprint density at radius 3 is 2.09 bits per heavy atom. The summed E-state index contributed by atoms with van der Waals surface area (Å²) in [4.78, 5) is 0. The highest BCUT2D eigenvalue weighted by atomic mass is 14.6. The Labute approximate surface area is 140 Å². The Morgan fingerprint density at radius 2 is 1.68 bits per heavy atom. The molecule has 1 aromatic rings. The van der Waals surface area contributed by atoms with Gasteiger partial charge in [0.15, 0.2) is 0 Å². The van der Waals surface area contributed by atoms with Crippen LogP contribution < -0.4 is 0 Å². The molecule has 1 saturated carbocycles. The van der Waals surface area contributed by atoms with Crippen molar-refractivity contribution in [2.45, 2.75) is 81.1 Å². The van der Waals surface area contributed by atoms with Gasteiger partial charge in [0.1, 0.15) is 0 Å². The molecule has 0 nitrogen and oxygen atoms in total. The fraction of sp³-hybridized carbons (Fsp3) is 0.636. The summed E-state index contributed by atoms with van der Waals surface area (Å²) in [5.41, 5.74) is 4.88. The average molecular weight is 303 g/mol. The van der Waals surface area contributed by atoms with Gasteiger partial charge < -0.3 is 0 Å². The maximum absolute atomic E-state index is 2.41. The minimum absolute atomic E-state index is 0.525. The molecular formula is C22H38. The summed E-state index contributed by atoms with van der Waals surface area (Å²) >= 11 is 0. The lowest BCUT2D eigenvalue weighted by molar-refractivity contribution is 0.509. The molecule has 0 N–H and O–H groups in total. The molecule has 0 heteroatoms. The van der Waals surface area contributed by atoms with Crippen molar-refractivity contribution < 1.29 is 0 Å². The summed E-state index contributed by atoms with van der Waals surface area (Å²) in [6.07, 6.45) is 7.68. The molecule has 0 aromatic heterocycles. The van der Waals surface area contributed by atoms with Gasteiger partial charge in [0.25, 0.3) is 0 Å². The number of hydrogen-bond acceptors (Lipinski definition) is 0. The lowest BCUT2D eigenvalue weighted by atomic mass is 9.88. The maximum atomic E-state index is 2.41. The van der Waals surface area contributed by atoms with Crippen molar-refractivity contribution in [2.24, 2.45) is 11.3 Å².